The van der Waals surface area contributed by atoms with Crippen LogP contribution < -0.4 is 5.32 Å². The van der Waals surface area contributed by atoms with Crippen molar-refractivity contribution in [2.45, 2.75) is 25.5 Å². The van der Waals surface area contributed by atoms with Crippen molar-refractivity contribution < 1.29 is 24.1 Å². The van der Waals surface area contributed by atoms with Gasteiger partial charge in [-0.2, -0.15) is 0 Å². The van der Waals surface area contributed by atoms with Crippen molar-refractivity contribution >= 4 is 5.97 Å². The van der Waals surface area contributed by atoms with E-state index in [1.54, 1.807) is 6.92 Å². The Kier molecular flexibility index (Phi) is 3.61. The van der Waals surface area contributed by atoms with Gasteiger partial charge in [0.05, 0.1) is 6.10 Å². The van der Waals surface area contributed by atoms with Gasteiger partial charge in [0.15, 0.2) is 6.79 Å². The molecule has 1 saturated heterocycles. The molecule has 1 aliphatic rings. The van der Waals surface area contributed by atoms with Gasteiger partial charge in [-0.15, -0.1) is 0 Å². The van der Waals surface area contributed by atoms with Gasteiger partial charge in [-0.25, -0.2) is 0 Å². The molecule has 0 amide bonds. The van der Waals surface area contributed by atoms with Crippen LogP contribution in [0.3, 0.4) is 0 Å². The topological polar surface area (TPSA) is 77.0 Å². The van der Waals surface area contributed by atoms with Crippen LogP contribution in [0.25, 0.3) is 0 Å². The minimum absolute atomic E-state index is 0.200. The summed E-state index contributed by atoms with van der Waals surface area (Å²) in [7, 11) is 1.45. The summed E-state index contributed by atoms with van der Waals surface area (Å²) in [6, 6.07) is -0.824. The van der Waals surface area contributed by atoms with E-state index in [1.807, 2.05) is 0 Å². The summed E-state index contributed by atoms with van der Waals surface area (Å²) in [4.78, 5) is 10.7. The Bertz CT molecular complexity index is 182. The minimum Gasteiger partial charge on any atom is -0.480 e. The number of ether oxygens (including phenoxy) is 3. The predicted molar refractivity (Wildman–Crippen MR) is 41.9 cm³/mol. The Morgan fingerprint density at radius 1 is 1.69 bits per heavy atom. The van der Waals surface area contributed by atoms with E-state index in [0.717, 1.165) is 0 Å². The fraction of sp³-hybridized carbons (Fsp3) is 0.857. The maximum absolute atomic E-state index is 10.7. The Morgan fingerprint density at radius 3 is 2.62 bits per heavy atom. The predicted octanol–water partition coefficient (Wildman–Crippen LogP) is -0.648. The number of methoxy groups -OCH3 is 1. The first kappa shape index (κ1) is 10.4. The van der Waals surface area contributed by atoms with E-state index in [0.29, 0.717) is 0 Å². The number of rotatable bonds is 5. The first-order chi connectivity index (χ1) is 6.15. The summed E-state index contributed by atoms with van der Waals surface area (Å²) in [6.07, 6.45) is -1.07. The largest absolute Gasteiger partial charge is 0.480 e. The standard InChI is InChI=1S/C7H13NO5/c1-4(11-2)5(6(9)10)8-7-12-3-13-7/h4-5,7-8H,3H2,1-2H3,(H,9,10)/t4-,5+/m1/s1. The lowest BCUT2D eigenvalue weighted by Gasteiger charge is -2.31. The SMILES string of the molecule is CO[C@H](C)[C@H](NC1OCO1)C(=O)O. The van der Waals surface area contributed by atoms with Crippen LogP contribution in [0.4, 0.5) is 0 Å². The zero-order chi connectivity index (χ0) is 9.84. The average Bonchev–Trinajstić information content (AvgIpc) is 2.00. The lowest BCUT2D eigenvalue weighted by molar-refractivity contribution is -0.336. The molecule has 1 aliphatic heterocycles. The lowest BCUT2D eigenvalue weighted by atomic mass is 10.2. The number of hydrogen-bond acceptors (Lipinski definition) is 5. The number of aliphatic carboxylic acids is 1. The smallest absolute Gasteiger partial charge is 0.323 e. The van der Waals surface area contributed by atoms with Crippen molar-refractivity contribution in [1.29, 1.82) is 0 Å². The van der Waals surface area contributed by atoms with Crippen molar-refractivity contribution in [2.24, 2.45) is 0 Å². The molecule has 0 unspecified atom stereocenters. The van der Waals surface area contributed by atoms with Crippen LogP contribution in [0.2, 0.25) is 0 Å². The second-order valence-electron chi connectivity index (χ2n) is 2.71. The molecule has 0 aromatic rings. The summed E-state index contributed by atoms with van der Waals surface area (Å²) in [5, 5.41) is 11.4. The van der Waals surface area contributed by atoms with Crippen LogP contribution in [0.1, 0.15) is 6.92 Å². The van der Waals surface area contributed by atoms with E-state index in [2.05, 4.69) is 5.32 Å². The summed E-state index contributed by atoms with van der Waals surface area (Å²) < 4.78 is 14.6. The number of carbonyl (C=O) groups is 1. The molecule has 6 nitrogen and oxygen atoms in total. The van der Waals surface area contributed by atoms with Crippen molar-refractivity contribution in [1.82, 2.24) is 5.32 Å². The molecule has 0 aromatic carbocycles. The fourth-order valence-corrected chi connectivity index (χ4v) is 0.923. The highest BCUT2D eigenvalue weighted by atomic mass is 16.9. The highest BCUT2D eigenvalue weighted by Gasteiger charge is 2.30. The van der Waals surface area contributed by atoms with E-state index in [4.69, 9.17) is 19.3 Å². The number of carboxylic acid groups (broad SMARTS) is 1. The van der Waals surface area contributed by atoms with Gasteiger partial charge in [-0.05, 0) is 6.92 Å². The third-order valence-corrected chi connectivity index (χ3v) is 1.86. The van der Waals surface area contributed by atoms with E-state index in [1.165, 1.54) is 7.11 Å². The van der Waals surface area contributed by atoms with Crippen LogP contribution >= 0.6 is 0 Å². The fourth-order valence-electron chi connectivity index (χ4n) is 0.923. The molecule has 0 radical (unpaired) electrons. The van der Waals surface area contributed by atoms with E-state index in [9.17, 15) is 4.79 Å². The first-order valence-electron chi connectivity index (χ1n) is 3.90. The van der Waals surface area contributed by atoms with Crippen LogP contribution in [0, 0.1) is 0 Å². The number of nitrogens with one attached hydrogen (secondary N) is 1. The maximum Gasteiger partial charge on any atom is 0.323 e. The molecule has 0 aromatic heterocycles. The molecule has 1 rings (SSSR count). The van der Waals surface area contributed by atoms with Gasteiger partial charge in [0.2, 0.25) is 6.41 Å². The van der Waals surface area contributed by atoms with Gasteiger partial charge in [-0.1, -0.05) is 0 Å². The summed E-state index contributed by atoms with van der Waals surface area (Å²) >= 11 is 0. The van der Waals surface area contributed by atoms with Gasteiger partial charge >= 0.3 is 5.97 Å². The summed E-state index contributed by atoms with van der Waals surface area (Å²) in [6.45, 7) is 1.86. The molecule has 0 saturated carbocycles. The molecule has 2 N–H and O–H groups in total. The second kappa shape index (κ2) is 4.52. The van der Waals surface area contributed by atoms with Crippen molar-refractivity contribution in [2.75, 3.05) is 13.9 Å². The zero-order valence-corrected chi connectivity index (χ0v) is 7.52. The third kappa shape index (κ3) is 2.63. The molecule has 0 aliphatic carbocycles. The highest BCUT2D eigenvalue weighted by Crippen LogP contribution is 2.07. The highest BCUT2D eigenvalue weighted by molar-refractivity contribution is 5.74. The molecule has 0 bridgehead atoms. The molecule has 1 fully saturated rings. The van der Waals surface area contributed by atoms with Crippen molar-refractivity contribution in [3.8, 4) is 0 Å². The molecule has 6 heteroatoms. The first-order valence-corrected chi connectivity index (χ1v) is 3.90. The Morgan fingerprint density at radius 2 is 2.31 bits per heavy atom. The molecule has 76 valence electrons. The number of carboxylic acids is 1. The van der Waals surface area contributed by atoms with Gasteiger partial charge in [0.1, 0.15) is 6.04 Å². The zero-order valence-electron chi connectivity index (χ0n) is 7.52. The lowest BCUT2D eigenvalue weighted by Crippen LogP contribution is -2.55. The molecule has 2 atom stereocenters. The van der Waals surface area contributed by atoms with Gasteiger partial charge in [0.25, 0.3) is 0 Å². The molecule has 1 heterocycles. The number of hydrogen-bond donors (Lipinski definition) is 2. The van der Waals surface area contributed by atoms with Crippen LogP contribution in [-0.2, 0) is 19.0 Å². The third-order valence-electron chi connectivity index (χ3n) is 1.86. The van der Waals surface area contributed by atoms with Crippen LogP contribution in [0.15, 0.2) is 0 Å². The van der Waals surface area contributed by atoms with Gasteiger partial charge < -0.3 is 19.3 Å². The Hall–Kier alpha value is -0.690. The van der Waals surface area contributed by atoms with E-state index < -0.39 is 24.5 Å². The summed E-state index contributed by atoms with van der Waals surface area (Å²) in [5.74, 6) is -0.992. The minimum atomic E-state index is -0.992. The van der Waals surface area contributed by atoms with E-state index >= 15 is 0 Å². The van der Waals surface area contributed by atoms with Crippen LogP contribution in [0.5, 0.6) is 0 Å². The molecule has 0 spiro atoms. The second-order valence-corrected chi connectivity index (χ2v) is 2.71. The average molecular weight is 191 g/mol. The monoisotopic (exact) mass is 191 g/mol. The molecule has 13 heavy (non-hydrogen) atoms. The Balaban J connectivity index is 2.41. The Labute approximate surface area is 75.8 Å². The van der Waals surface area contributed by atoms with E-state index in [-0.39, 0.29) is 6.79 Å². The van der Waals surface area contributed by atoms with Gasteiger partial charge in [-0.3, -0.25) is 10.1 Å². The molecular weight excluding hydrogens is 178 g/mol. The van der Waals surface area contributed by atoms with Gasteiger partial charge in [0, 0.05) is 7.11 Å². The molecular formula is C7H13NO5. The quantitative estimate of drug-likeness (QED) is 0.601. The normalized spacial score (nSPS) is 22.0. The van der Waals surface area contributed by atoms with Crippen molar-refractivity contribution in [3.63, 3.8) is 0 Å². The maximum atomic E-state index is 10.7. The van der Waals surface area contributed by atoms with Crippen molar-refractivity contribution in [3.05, 3.63) is 0 Å². The summed E-state index contributed by atoms with van der Waals surface area (Å²) in [5.41, 5.74) is 0. The van der Waals surface area contributed by atoms with Crippen LogP contribution in [-0.4, -0.2) is 43.5 Å².